The van der Waals surface area contributed by atoms with Gasteiger partial charge in [-0.2, -0.15) is 0 Å². The monoisotopic (exact) mass is 514 g/mol. The Labute approximate surface area is 216 Å². The predicted octanol–water partition coefficient (Wildman–Crippen LogP) is 5.37. The van der Waals surface area contributed by atoms with E-state index in [1.54, 1.807) is 66.1 Å². The molecule has 0 saturated heterocycles. The largest absolute Gasteiger partial charge is 0.493 e. The summed E-state index contributed by atoms with van der Waals surface area (Å²) in [4.78, 5) is 41.8. The van der Waals surface area contributed by atoms with Crippen molar-refractivity contribution in [3.8, 4) is 11.5 Å². The van der Waals surface area contributed by atoms with Crippen LogP contribution in [0.25, 0.3) is 6.08 Å². The van der Waals surface area contributed by atoms with Crippen LogP contribution in [0, 0.1) is 0 Å². The fourth-order valence-electron chi connectivity index (χ4n) is 3.88. The molecule has 1 N–H and O–H groups in total. The van der Waals surface area contributed by atoms with Crippen LogP contribution < -0.4 is 14.8 Å². The van der Waals surface area contributed by atoms with E-state index in [2.05, 4.69) is 10.3 Å². The highest BCUT2D eigenvalue weighted by Crippen LogP contribution is 2.31. The van der Waals surface area contributed by atoms with Crippen LogP contribution in [0.4, 0.5) is 5.69 Å². The van der Waals surface area contributed by atoms with E-state index in [0.717, 1.165) is 24.8 Å². The second-order valence-corrected chi connectivity index (χ2v) is 9.21. The molecule has 8 nitrogen and oxygen atoms in total. The van der Waals surface area contributed by atoms with E-state index in [-0.39, 0.29) is 23.3 Å². The molecule has 5 rings (SSSR count). The number of anilines is 1. The molecule has 0 saturated carbocycles. The molecule has 1 aromatic heterocycles. The van der Waals surface area contributed by atoms with E-state index in [1.807, 2.05) is 6.08 Å². The molecule has 2 aliphatic rings. The number of carbonyl (C=O) groups excluding carboxylic acids is 3. The zero-order valence-electron chi connectivity index (χ0n) is 19.9. The van der Waals surface area contributed by atoms with E-state index >= 15 is 0 Å². The molecule has 2 heterocycles. The quantitative estimate of drug-likeness (QED) is 0.258. The number of nitrogens with one attached hydrogen (secondary N) is 1. The Morgan fingerprint density at radius 3 is 2.65 bits per heavy atom. The maximum Gasteiger partial charge on any atom is 0.363 e. The van der Waals surface area contributed by atoms with Crippen LogP contribution in [0.3, 0.4) is 0 Å². The SMILES string of the molecule is COc1cc(/C=C2/N=C(c3ccc(NC(=O)C4=CCCC4)cc3)OC2=O)ccc1OC(=O)c1cccs1. The number of ether oxygens (including phenoxy) is 3. The molecule has 1 aliphatic carbocycles. The second kappa shape index (κ2) is 10.6. The minimum atomic E-state index is -0.590. The van der Waals surface area contributed by atoms with E-state index in [4.69, 9.17) is 14.2 Å². The summed E-state index contributed by atoms with van der Waals surface area (Å²) in [5.41, 5.74) is 2.78. The van der Waals surface area contributed by atoms with Gasteiger partial charge >= 0.3 is 11.9 Å². The standard InChI is InChI=1S/C28H22N2O6S/c1-34-23-16-17(8-13-22(23)35-28(33)24-7-4-14-37-24)15-21-27(32)36-26(30-21)19-9-11-20(12-10-19)29-25(31)18-5-2-3-6-18/h4-5,7-16H,2-3,6H2,1H3,(H,29,31)/b21-15+. The van der Waals surface area contributed by atoms with Gasteiger partial charge in [0.25, 0.3) is 5.91 Å². The van der Waals surface area contributed by atoms with Gasteiger partial charge in [0, 0.05) is 16.8 Å². The lowest BCUT2D eigenvalue weighted by Crippen LogP contribution is -2.13. The Bertz CT molecular complexity index is 1450. The zero-order valence-corrected chi connectivity index (χ0v) is 20.7. The van der Waals surface area contributed by atoms with Gasteiger partial charge in [0.1, 0.15) is 4.88 Å². The third kappa shape index (κ3) is 5.52. The number of aliphatic imine (C=N–C) groups is 1. The van der Waals surface area contributed by atoms with Gasteiger partial charge < -0.3 is 19.5 Å². The van der Waals surface area contributed by atoms with Crippen molar-refractivity contribution in [2.45, 2.75) is 19.3 Å². The molecular formula is C28H22N2O6S. The maximum absolute atomic E-state index is 12.5. The van der Waals surface area contributed by atoms with Gasteiger partial charge in [-0.05, 0) is 78.7 Å². The van der Waals surface area contributed by atoms with Crippen LogP contribution in [0.1, 0.15) is 40.1 Å². The number of hydrogen-bond donors (Lipinski definition) is 1. The van der Waals surface area contributed by atoms with Gasteiger partial charge in [-0.1, -0.05) is 18.2 Å². The molecule has 1 amide bonds. The molecule has 3 aromatic rings. The van der Waals surface area contributed by atoms with Crippen LogP contribution in [-0.2, 0) is 14.3 Å². The average Bonchev–Trinajstić information content (AvgIpc) is 3.69. The summed E-state index contributed by atoms with van der Waals surface area (Å²) < 4.78 is 16.2. The number of amides is 1. The number of benzene rings is 2. The first kappa shape index (κ1) is 24.2. The normalized spacial score (nSPS) is 15.7. The maximum atomic E-state index is 12.5. The van der Waals surface area contributed by atoms with Gasteiger partial charge in [0.2, 0.25) is 5.90 Å². The van der Waals surface area contributed by atoms with Crippen molar-refractivity contribution in [1.29, 1.82) is 0 Å². The van der Waals surface area contributed by atoms with Crippen molar-refractivity contribution in [2.75, 3.05) is 12.4 Å². The van der Waals surface area contributed by atoms with Gasteiger partial charge in [-0.25, -0.2) is 14.6 Å². The molecule has 0 unspecified atom stereocenters. The number of methoxy groups -OCH3 is 1. The molecule has 0 radical (unpaired) electrons. The highest BCUT2D eigenvalue weighted by Gasteiger charge is 2.24. The third-order valence-corrected chi connectivity index (χ3v) is 6.61. The molecule has 0 bridgehead atoms. The Balaban J connectivity index is 1.30. The number of thiophene rings is 1. The van der Waals surface area contributed by atoms with E-state index in [1.165, 1.54) is 18.4 Å². The van der Waals surface area contributed by atoms with Gasteiger partial charge in [-0.15, -0.1) is 11.3 Å². The Hall–Kier alpha value is -4.50. The first-order chi connectivity index (χ1) is 18.0. The lowest BCUT2D eigenvalue weighted by atomic mass is 10.1. The molecule has 0 atom stereocenters. The molecule has 37 heavy (non-hydrogen) atoms. The van der Waals surface area contributed by atoms with Crippen molar-refractivity contribution in [3.63, 3.8) is 0 Å². The van der Waals surface area contributed by atoms with Crippen molar-refractivity contribution in [2.24, 2.45) is 4.99 Å². The third-order valence-electron chi connectivity index (χ3n) is 5.76. The Morgan fingerprint density at radius 1 is 1.11 bits per heavy atom. The summed E-state index contributed by atoms with van der Waals surface area (Å²) in [7, 11) is 1.46. The van der Waals surface area contributed by atoms with Crippen LogP contribution in [0.5, 0.6) is 11.5 Å². The smallest absolute Gasteiger partial charge is 0.363 e. The topological polar surface area (TPSA) is 103 Å². The fourth-order valence-corrected chi connectivity index (χ4v) is 4.48. The minimum Gasteiger partial charge on any atom is -0.493 e. The summed E-state index contributed by atoms with van der Waals surface area (Å²) >= 11 is 1.28. The summed E-state index contributed by atoms with van der Waals surface area (Å²) in [6.07, 6.45) is 6.25. The summed E-state index contributed by atoms with van der Waals surface area (Å²) in [6.45, 7) is 0. The van der Waals surface area contributed by atoms with E-state index in [9.17, 15) is 14.4 Å². The van der Waals surface area contributed by atoms with Gasteiger partial charge in [0.05, 0.1) is 7.11 Å². The first-order valence-corrected chi connectivity index (χ1v) is 12.5. The average molecular weight is 515 g/mol. The molecule has 0 fully saturated rings. The van der Waals surface area contributed by atoms with E-state index < -0.39 is 11.9 Å². The Morgan fingerprint density at radius 2 is 1.95 bits per heavy atom. The zero-order chi connectivity index (χ0) is 25.8. The van der Waals surface area contributed by atoms with E-state index in [0.29, 0.717) is 27.4 Å². The molecule has 1 aliphatic heterocycles. The van der Waals surface area contributed by atoms with Crippen LogP contribution in [0.15, 0.2) is 82.3 Å². The number of rotatable bonds is 7. The molecule has 9 heteroatoms. The number of nitrogens with zero attached hydrogens (tertiary/aromatic N) is 1. The molecule has 186 valence electrons. The molecular weight excluding hydrogens is 492 g/mol. The highest BCUT2D eigenvalue weighted by atomic mass is 32.1. The summed E-state index contributed by atoms with van der Waals surface area (Å²) in [5, 5.41) is 4.67. The predicted molar refractivity (Wildman–Crippen MR) is 140 cm³/mol. The number of cyclic esters (lactones) is 1. The van der Waals surface area contributed by atoms with Gasteiger partial charge in [0.15, 0.2) is 17.2 Å². The summed E-state index contributed by atoms with van der Waals surface area (Å²) in [6, 6.07) is 15.3. The lowest BCUT2D eigenvalue weighted by Gasteiger charge is -2.09. The minimum absolute atomic E-state index is 0.0946. The van der Waals surface area contributed by atoms with Crippen LogP contribution in [-0.4, -0.2) is 30.9 Å². The first-order valence-electron chi connectivity index (χ1n) is 11.6. The number of esters is 2. The Kier molecular flexibility index (Phi) is 6.96. The van der Waals surface area contributed by atoms with Crippen molar-refractivity contribution < 1.29 is 28.6 Å². The summed E-state index contributed by atoms with van der Waals surface area (Å²) in [5.74, 6) is -0.399. The number of hydrogen-bond acceptors (Lipinski definition) is 8. The number of carbonyl (C=O) groups is 3. The van der Waals surface area contributed by atoms with Crippen molar-refractivity contribution in [3.05, 3.63) is 93.3 Å². The lowest BCUT2D eigenvalue weighted by molar-refractivity contribution is -0.129. The number of allylic oxidation sites excluding steroid dienone is 1. The van der Waals surface area contributed by atoms with Gasteiger partial charge in [-0.3, -0.25) is 4.79 Å². The highest BCUT2D eigenvalue weighted by molar-refractivity contribution is 7.12. The van der Waals surface area contributed by atoms with Crippen LogP contribution in [0.2, 0.25) is 0 Å². The van der Waals surface area contributed by atoms with Crippen molar-refractivity contribution >= 4 is 46.8 Å². The second-order valence-electron chi connectivity index (χ2n) is 8.27. The van der Waals surface area contributed by atoms with Crippen LogP contribution >= 0.6 is 11.3 Å². The molecule has 2 aromatic carbocycles. The molecule has 0 spiro atoms. The van der Waals surface area contributed by atoms with Crippen molar-refractivity contribution in [1.82, 2.24) is 0 Å². The fraction of sp³-hybridized carbons (Fsp3) is 0.143.